The first-order valence-electron chi connectivity index (χ1n) is 5.64. The van der Waals surface area contributed by atoms with Crippen molar-refractivity contribution in [2.24, 2.45) is 0 Å². The van der Waals surface area contributed by atoms with Gasteiger partial charge in [-0.3, -0.25) is 0 Å². The van der Waals surface area contributed by atoms with Crippen molar-refractivity contribution in [2.45, 2.75) is 46.4 Å². The molecule has 16 heavy (non-hydrogen) atoms. The number of hydrogen-bond donors (Lipinski definition) is 1. The Hall–Kier alpha value is -1.00. The predicted molar refractivity (Wildman–Crippen MR) is 64.0 cm³/mol. The Bertz CT molecular complexity index is 303. The van der Waals surface area contributed by atoms with Crippen molar-refractivity contribution in [1.29, 1.82) is 0 Å². The maximum absolute atomic E-state index is 5.23. The van der Waals surface area contributed by atoms with Crippen LogP contribution in [0.1, 0.15) is 39.1 Å². The molecule has 0 saturated heterocycles. The third kappa shape index (κ3) is 5.19. The lowest BCUT2D eigenvalue weighted by atomic mass is 10.1. The van der Waals surface area contributed by atoms with Gasteiger partial charge in [-0.2, -0.15) is 0 Å². The van der Waals surface area contributed by atoms with Gasteiger partial charge in [0.15, 0.2) is 5.82 Å². The molecule has 4 heteroatoms. The molecule has 1 aromatic rings. The highest BCUT2D eigenvalue weighted by Crippen LogP contribution is 2.03. The van der Waals surface area contributed by atoms with E-state index in [1.807, 2.05) is 19.3 Å². The second kappa shape index (κ2) is 5.92. The van der Waals surface area contributed by atoms with E-state index < -0.39 is 0 Å². The molecule has 0 aliphatic heterocycles. The van der Waals surface area contributed by atoms with E-state index in [0.29, 0.717) is 13.2 Å². The summed E-state index contributed by atoms with van der Waals surface area (Å²) in [4.78, 5) is 8.48. The average Bonchev–Trinajstić information content (AvgIpc) is 2.24. The van der Waals surface area contributed by atoms with E-state index in [1.165, 1.54) is 0 Å². The lowest BCUT2D eigenvalue weighted by Crippen LogP contribution is -2.35. The molecule has 0 spiro atoms. The van der Waals surface area contributed by atoms with E-state index in [-0.39, 0.29) is 5.54 Å². The van der Waals surface area contributed by atoms with E-state index in [1.54, 1.807) is 0 Å². The lowest BCUT2D eigenvalue weighted by Gasteiger charge is -2.20. The van der Waals surface area contributed by atoms with Gasteiger partial charge in [-0.05, 0) is 27.7 Å². The van der Waals surface area contributed by atoms with Crippen molar-refractivity contribution >= 4 is 0 Å². The maximum atomic E-state index is 5.23. The normalized spacial score (nSPS) is 11.8. The summed E-state index contributed by atoms with van der Waals surface area (Å²) < 4.78 is 5.23. The minimum atomic E-state index is 0.115. The molecule has 1 rings (SSSR count). The molecule has 1 N–H and O–H groups in total. The van der Waals surface area contributed by atoms with Crippen molar-refractivity contribution in [1.82, 2.24) is 15.3 Å². The minimum absolute atomic E-state index is 0.115. The van der Waals surface area contributed by atoms with E-state index in [2.05, 4.69) is 36.1 Å². The fraction of sp³-hybridized carbons (Fsp3) is 0.667. The molecule has 0 atom stereocenters. The molecule has 0 aliphatic rings. The van der Waals surface area contributed by atoms with E-state index >= 15 is 0 Å². The molecule has 4 nitrogen and oxygen atoms in total. The molecule has 0 aliphatic carbocycles. The molecule has 1 aromatic heterocycles. The topological polar surface area (TPSA) is 47.0 Å². The van der Waals surface area contributed by atoms with Gasteiger partial charge in [0, 0.05) is 36.6 Å². The summed E-state index contributed by atoms with van der Waals surface area (Å²) in [5.41, 5.74) is 1.21. The number of nitrogens with one attached hydrogen (secondary N) is 1. The van der Waals surface area contributed by atoms with Crippen molar-refractivity contribution < 1.29 is 4.74 Å². The monoisotopic (exact) mass is 223 g/mol. The lowest BCUT2D eigenvalue weighted by molar-refractivity contribution is 0.128. The minimum Gasteiger partial charge on any atom is -0.374 e. The first-order chi connectivity index (χ1) is 7.51. The quantitative estimate of drug-likeness (QED) is 0.828. The zero-order chi connectivity index (χ0) is 12.0. The zero-order valence-corrected chi connectivity index (χ0v) is 10.6. The van der Waals surface area contributed by atoms with Crippen molar-refractivity contribution in [3.8, 4) is 0 Å². The Morgan fingerprint density at radius 2 is 1.88 bits per heavy atom. The number of aromatic nitrogens is 2. The Labute approximate surface area is 97.5 Å². The van der Waals surface area contributed by atoms with Crippen LogP contribution < -0.4 is 5.32 Å². The smallest absolute Gasteiger partial charge is 0.153 e. The van der Waals surface area contributed by atoms with Crippen LogP contribution in [0.5, 0.6) is 0 Å². The largest absolute Gasteiger partial charge is 0.374 e. The summed E-state index contributed by atoms with van der Waals surface area (Å²) in [6.45, 7) is 10.3. The molecular formula is C12H21N3O. The molecular weight excluding hydrogens is 202 g/mol. The summed E-state index contributed by atoms with van der Waals surface area (Å²) in [6.07, 6.45) is 3.69. The van der Waals surface area contributed by atoms with Crippen LogP contribution in [0.25, 0.3) is 0 Å². The van der Waals surface area contributed by atoms with Gasteiger partial charge in [0.25, 0.3) is 0 Å². The van der Waals surface area contributed by atoms with Gasteiger partial charge < -0.3 is 10.1 Å². The zero-order valence-electron chi connectivity index (χ0n) is 10.6. The van der Waals surface area contributed by atoms with E-state index in [9.17, 15) is 0 Å². The van der Waals surface area contributed by atoms with Crippen LogP contribution in [0.2, 0.25) is 0 Å². The van der Waals surface area contributed by atoms with Crippen molar-refractivity contribution in [3.63, 3.8) is 0 Å². The summed E-state index contributed by atoms with van der Waals surface area (Å²) in [7, 11) is 0. The summed E-state index contributed by atoms with van der Waals surface area (Å²) in [6, 6.07) is 0. The Morgan fingerprint density at radius 3 is 2.38 bits per heavy atom. The van der Waals surface area contributed by atoms with E-state index in [0.717, 1.165) is 17.9 Å². The first kappa shape index (κ1) is 13.1. The molecule has 90 valence electrons. The van der Waals surface area contributed by atoms with Gasteiger partial charge in [-0.1, -0.05) is 0 Å². The van der Waals surface area contributed by atoms with Gasteiger partial charge in [-0.15, -0.1) is 0 Å². The Kier molecular flexibility index (Phi) is 4.83. The van der Waals surface area contributed by atoms with Gasteiger partial charge in [0.05, 0.1) is 0 Å². The summed E-state index contributed by atoms with van der Waals surface area (Å²) >= 11 is 0. The van der Waals surface area contributed by atoms with Crippen LogP contribution in [-0.2, 0) is 17.9 Å². The van der Waals surface area contributed by atoms with Crippen LogP contribution in [0.3, 0.4) is 0 Å². The predicted octanol–water partition coefficient (Wildman–Crippen LogP) is 1.90. The summed E-state index contributed by atoms with van der Waals surface area (Å²) in [5.74, 6) is 0.737. The Balaban J connectivity index is 2.45. The number of rotatable bonds is 5. The highest BCUT2D eigenvalue weighted by atomic mass is 16.5. The fourth-order valence-electron chi connectivity index (χ4n) is 1.11. The van der Waals surface area contributed by atoms with Gasteiger partial charge in [-0.25, -0.2) is 9.97 Å². The van der Waals surface area contributed by atoms with Crippen LogP contribution in [-0.4, -0.2) is 22.1 Å². The highest BCUT2D eigenvalue weighted by Gasteiger charge is 2.08. The van der Waals surface area contributed by atoms with Crippen LogP contribution in [0, 0.1) is 0 Å². The molecule has 0 fully saturated rings. The van der Waals surface area contributed by atoms with E-state index in [4.69, 9.17) is 4.74 Å². The fourth-order valence-corrected chi connectivity index (χ4v) is 1.11. The molecule has 0 amide bonds. The number of nitrogens with zero attached hydrogens (tertiary/aromatic N) is 2. The highest BCUT2D eigenvalue weighted by molar-refractivity contribution is 5.05. The molecule has 1 heterocycles. The van der Waals surface area contributed by atoms with Crippen LogP contribution >= 0.6 is 0 Å². The number of ether oxygens (including phenoxy) is 1. The second-order valence-corrected chi connectivity index (χ2v) is 4.75. The SMILES string of the molecule is CCOCc1ncc(CNC(C)(C)C)cn1. The number of hydrogen-bond acceptors (Lipinski definition) is 4. The first-order valence-corrected chi connectivity index (χ1v) is 5.64. The second-order valence-electron chi connectivity index (χ2n) is 4.75. The van der Waals surface area contributed by atoms with Crippen molar-refractivity contribution in [3.05, 3.63) is 23.8 Å². The Morgan fingerprint density at radius 1 is 1.25 bits per heavy atom. The molecule has 0 radical (unpaired) electrons. The van der Waals surface area contributed by atoms with Gasteiger partial charge >= 0.3 is 0 Å². The van der Waals surface area contributed by atoms with Gasteiger partial charge in [0.1, 0.15) is 6.61 Å². The third-order valence-electron chi connectivity index (χ3n) is 2.02. The van der Waals surface area contributed by atoms with Crippen molar-refractivity contribution in [2.75, 3.05) is 6.61 Å². The average molecular weight is 223 g/mol. The van der Waals surface area contributed by atoms with Crippen LogP contribution in [0.15, 0.2) is 12.4 Å². The standard InChI is InChI=1S/C12H21N3O/c1-5-16-9-11-13-6-10(7-14-11)8-15-12(2,3)4/h6-7,15H,5,8-9H2,1-4H3. The third-order valence-corrected chi connectivity index (χ3v) is 2.02. The molecule has 0 aromatic carbocycles. The molecule has 0 saturated carbocycles. The van der Waals surface area contributed by atoms with Crippen LogP contribution in [0.4, 0.5) is 0 Å². The van der Waals surface area contributed by atoms with Gasteiger partial charge in [0.2, 0.25) is 0 Å². The molecule has 0 unspecified atom stereocenters. The molecule has 0 bridgehead atoms. The maximum Gasteiger partial charge on any atom is 0.153 e. The summed E-state index contributed by atoms with van der Waals surface area (Å²) in [5, 5.41) is 3.39.